The number of hydrogen-bond donors (Lipinski definition) is 0. The second-order valence-corrected chi connectivity index (χ2v) is 16.0. The second kappa shape index (κ2) is 14.4. The van der Waals surface area contributed by atoms with Gasteiger partial charge in [0.25, 0.3) is 0 Å². The summed E-state index contributed by atoms with van der Waals surface area (Å²) in [5, 5.41) is 0. The van der Waals surface area contributed by atoms with E-state index in [9.17, 15) is 0 Å². The van der Waals surface area contributed by atoms with E-state index in [1.54, 1.807) is 12.4 Å². The van der Waals surface area contributed by atoms with Gasteiger partial charge in [0.1, 0.15) is 11.4 Å². The molecule has 0 saturated heterocycles. The van der Waals surface area contributed by atoms with Crippen molar-refractivity contribution in [2.24, 2.45) is 0 Å². The molecule has 0 spiro atoms. The Kier molecular flexibility index (Phi) is 8.10. The molecule has 10 heteroatoms. The maximum absolute atomic E-state index is 5.08. The topological polar surface area (TPSA) is 129 Å². The minimum absolute atomic E-state index is 0.0110. The summed E-state index contributed by atoms with van der Waals surface area (Å²) < 4.78 is 0. The van der Waals surface area contributed by atoms with Gasteiger partial charge in [0.2, 0.25) is 0 Å². The van der Waals surface area contributed by atoms with Crippen LogP contribution >= 0.6 is 0 Å². The number of fused-ring (bicyclic) bond motifs is 2. The first-order valence-corrected chi connectivity index (χ1v) is 21.1. The standard InChI is InChI=1S/C54H32N10/c1-3-13-31(14-4-1)49-59-51(63-53(61-49)45-29-55-41-19-9-11-21-43(41)57-45)33-23-25-37-39(27-33)47-35-17-7-8-18-36(35)48(37)40-28-34(24-26-38(40)47)52-60-50(32-15-5-2-6-16-32)62-54(64-52)46-30-56-42-20-10-12-22-44(42)58-46/h1-30,47-48H. The van der Waals surface area contributed by atoms with Gasteiger partial charge in [-0.3, -0.25) is 9.97 Å². The number of hydrogen-bond acceptors (Lipinski definition) is 10. The van der Waals surface area contributed by atoms with Gasteiger partial charge in [0.15, 0.2) is 34.9 Å². The molecule has 10 nitrogen and oxygen atoms in total. The van der Waals surface area contributed by atoms with Crippen LogP contribution in [0.25, 0.3) is 90.7 Å². The third-order valence-corrected chi connectivity index (χ3v) is 12.2. The summed E-state index contributed by atoms with van der Waals surface area (Å²) in [6.07, 6.45) is 3.48. The molecule has 0 N–H and O–H groups in total. The van der Waals surface area contributed by atoms with Crippen molar-refractivity contribution in [1.29, 1.82) is 0 Å². The van der Waals surface area contributed by atoms with Crippen molar-refractivity contribution in [3.05, 3.63) is 216 Å². The van der Waals surface area contributed by atoms with E-state index in [-0.39, 0.29) is 11.8 Å². The third-order valence-electron chi connectivity index (χ3n) is 12.2. The highest BCUT2D eigenvalue weighted by atomic mass is 15.1. The third kappa shape index (κ3) is 5.95. The van der Waals surface area contributed by atoms with Gasteiger partial charge in [-0.1, -0.05) is 133 Å². The van der Waals surface area contributed by atoms with Crippen LogP contribution in [-0.4, -0.2) is 49.8 Å². The number of rotatable bonds is 6. The Hall–Kier alpha value is -8.76. The van der Waals surface area contributed by atoms with E-state index in [2.05, 4.69) is 70.6 Å². The summed E-state index contributed by atoms with van der Waals surface area (Å²) in [6.45, 7) is 0. The Bertz CT molecular complexity index is 3410. The minimum Gasteiger partial charge on any atom is -0.252 e. The predicted octanol–water partition coefficient (Wildman–Crippen LogP) is 10.9. The van der Waals surface area contributed by atoms with Crippen LogP contribution in [0.5, 0.6) is 0 Å². The smallest absolute Gasteiger partial charge is 0.184 e. The molecule has 2 bridgehead atoms. The van der Waals surface area contributed by atoms with E-state index in [4.69, 9.17) is 39.9 Å². The first kappa shape index (κ1) is 35.9. The molecule has 0 amide bonds. The zero-order valence-corrected chi connectivity index (χ0v) is 33.9. The van der Waals surface area contributed by atoms with Gasteiger partial charge in [-0.05, 0) is 69.8 Å². The first-order valence-electron chi connectivity index (χ1n) is 21.1. The van der Waals surface area contributed by atoms with Crippen molar-refractivity contribution in [3.63, 3.8) is 0 Å². The molecule has 2 unspecified atom stereocenters. The Morgan fingerprint density at radius 1 is 0.250 bits per heavy atom. The van der Waals surface area contributed by atoms with Gasteiger partial charge in [0.05, 0.1) is 34.5 Å². The fraction of sp³-hybridized carbons (Fsp3) is 0.0370. The predicted molar refractivity (Wildman–Crippen MR) is 247 cm³/mol. The first-order chi connectivity index (χ1) is 31.7. The molecular weight excluding hydrogens is 789 g/mol. The molecule has 4 aromatic heterocycles. The molecule has 7 aromatic carbocycles. The number of para-hydroxylation sites is 4. The number of aromatic nitrogens is 10. The zero-order chi connectivity index (χ0) is 42.1. The molecule has 11 aromatic rings. The Morgan fingerprint density at radius 2 is 0.594 bits per heavy atom. The highest BCUT2D eigenvalue weighted by molar-refractivity contribution is 5.79. The van der Waals surface area contributed by atoms with Crippen LogP contribution < -0.4 is 0 Å². The van der Waals surface area contributed by atoms with Gasteiger partial charge >= 0.3 is 0 Å². The lowest BCUT2D eigenvalue weighted by atomic mass is 9.61. The van der Waals surface area contributed by atoms with Gasteiger partial charge in [-0.25, -0.2) is 39.9 Å². The Morgan fingerprint density at radius 3 is 1.03 bits per heavy atom. The molecule has 64 heavy (non-hydrogen) atoms. The summed E-state index contributed by atoms with van der Waals surface area (Å²) in [6, 6.07) is 57.8. The summed E-state index contributed by atoms with van der Waals surface area (Å²) >= 11 is 0. The molecule has 4 heterocycles. The van der Waals surface area contributed by atoms with Crippen molar-refractivity contribution in [3.8, 4) is 68.6 Å². The largest absolute Gasteiger partial charge is 0.252 e. The van der Waals surface area contributed by atoms with Gasteiger partial charge in [0, 0.05) is 34.1 Å². The maximum Gasteiger partial charge on any atom is 0.184 e. The van der Waals surface area contributed by atoms with Crippen LogP contribution in [0.1, 0.15) is 45.2 Å². The average molecular weight is 821 g/mol. The van der Waals surface area contributed by atoms with E-state index in [1.165, 1.54) is 33.4 Å². The van der Waals surface area contributed by atoms with Crippen molar-refractivity contribution in [2.45, 2.75) is 11.8 Å². The van der Waals surface area contributed by atoms with E-state index in [1.807, 2.05) is 109 Å². The summed E-state index contributed by atoms with van der Waals surface area (Å²) in [7, 11) is 0. The van der Waals surface area contributed by atoms with Crippen LogP contribution in [0.15, 0.2) is 182 Å². The highest BCUT2D eigenvalue weighted by Gasteiger charge is 2.41. The molecular formula is C54H32N10. The zero-order valence-electron chi connectivity index (χ0n) is 33.9. The van der Waals surface area contributed by atoms with Gasteiger partial charge in [-0.15, -0.1) is 0 Å². The van der Waals surface area contributed by atoms with Crippen molar-refractivity contribution < 1.29 is 0 Å². The monoisotopic (exact) mass is 820 g/mol. The second-order valence-electron chi connectivity index (χ2n) is 16.0. The van der Waals surface area contributed by atoms with Crippen molar-refractivity contribution >= 4 is 22.1 Å². The fourth-order valence-electron chi connectivity index (χ4n) is 9.30. The SMILES string of the molecule is c1ccc(-c2nc(-c3ccc4c(c3)C3c5ccccc5C4c4cc(-c5nc(-c6ccccc6)nc(-c6cnc7ccccc7n6)n5)ccc43)nc(-c3cnc4ccccc4n3)n2)cc1. The Labute approximate surface area is 366 Å². The normalized spacial score (nSPS) is 14.6. The van der Waals surface area contributed by atoms with Crippen LogP contribution in [0.3, 0.4) is 0 Å². The van der Waals surface area contributed by atoms with Crippen molar-refractivity contribution in [1.82, 2.24) is 49.8 Å². The van der Waals surface area contributed by atoms with Crippen LogP contribution in [-0.2, 0) is 0 Å². The summed E-state index contributed by atoms with van der Waals surface area (Å²) in [5.74, 6) is 3.20. The molecule has 0 saturated carbocycles. The quantitative estimate of drug-likeness (QED) is 0.160. The molecule has 0 radical (unpaired) electrons. The van der Waals surface area contributed by atoms with E-state index >= 15 is 0 Å². The molecule has 3 aliphatic carbocycles. The van der Waals surface area contributed by atoms with Gasteiger partial charge in [-0.2, -0.15) is 0 Å². The summed E-state index contributed by atoms with van der Waals surface area (Å²) in [4.78, 5) is 49.4. The van der Waals surface area contributed by atoms with E-state index in [0.29, 0.717) is 46.3 Å². The number of nitrogens with zero attached hydrogens (tertiary/aromatic N) is 10. The lowest BCUT2D eigenvalue weighted by molar-refractivity contribution is 0.754. The van der Waals surface area contributed by atoms with Crippen LogP contribution in [0, 0.1) is 0 Å². The molecule has 2 atom stereocenters. The van der Waals surface area contributed by atoms with E-state index in [0.717, 1.165) is 44.3 Å². The van der Waals surface area contributed by atoms with E-state index < -0.39 is 0 Å². The number of benzene rings is 7. The van der Waals surface area contributed by atoms with Crippen molar-refractivity contribution in [2.75, 3.05) is 0 Å². The fourth-order valence-corrected chi connectivity index (χ4v) is 9.30. The maximum atomic E-state index is 5.08. The molecule has 298 valence electrons. The van der Waals surface area contributed by atoms with Gasteiger partial charge < -0.3 is 0 Å². The highest BCUT2D eigenvalue weighted by Crippen LogP contribution is 2.56. The molecule has 3 aliphatic rings. The Balaban J connectivity index is 0.938. The molecule has 0 aliphatic heterocycles. The average Bonchev–Trinajstić information content (AvgIpc) is 3.38. The molecule has 14 rings (SSSR count). The minimum atomic E-state index is -0.0110. The molecule has 0 fully saturated rings. The van der Waals surface area contributed by atoms with Crippen LogP contribution in [0.2, 0.25) is 0 Å². The lowest BCUT2D eigenvalue weighted by Gasteiger charge is -2.42. The summed E-state index contributed by atoms with van der Waals surface area (Å²) in [5.41, 5.74) is 15.5. The van der Waals surface area contributed by atoms with Crippen LogP contribution in [0.4, 0.5) is 0 Å². The lowest BCUT2D eigenvalue weighted by Crippen LogP contribution is -2.27.